The summed E-state index contributed by atoms with van der Waals surface area (Å²) < 4.78 is 10.1. The van der Waals surface area contributed by atoms with Crippen LogP contribution in [0.25, 0.3) is 0 Å². The lowest BCUT2D eigenvalue weighted by molar-refractivity contribution is -0.123. The first-order valence-corrected chi connectivity index (χ1v) is 4.64. The van der Waals surface area contributed by atoms with Crippen molar-refractivity contribution in [2.24, 2.45) is 0 Å². The van der Waals surface area contributed by atoms with Crippen LogP contribution in [-0.2, 0) is 9.47 Å². The first kappa shape index (κ1) is 14.0. The van der Waals surface area contributed by atoms with Gasteiger partial charge in [0.15, 0.2) is 6.29 Å². The second-order valence-electron chi connectivity index (χ2n) is 1.58. The van der Waals surface area contributed by atoms with Crippen molar-refractivity contribution < 1.29 is 9.47 Å². The molecule has 2 nitrogen and oxygen atoms in total. The first-order chi connectivity index (χ1) is 5.22. The number of rotatable bonds is 4. The molecule has 11 heavy (non-hydrogen) atoms. The van der Waals surface area contributed by atoms with Crippen LogP contribution in [0.15, 0.2) is 0 Å². The van der Waals surface area contributed by atoms with Gasteiger partial charge in [-0.05, 0) is 20.8 Å². The molecule has 0 amide bonds. The molecular weight excluding hydrogens is 187 g/mol. The Hall–Kier alpha value is 0.500. The Morgan fingerprint density at radius 1 is 1.09 bits per heavy atom. The van der Waals surface area contributed by atoms with Gasteiger partial charge >= 0.3 is 0 Å². The van der Waals surface area contributed by atoms with Crippen LogP contribution >= 0.6 is 23.2 Å². The minimum absolute atomic E-state index is 0.0370. The van der Waals surface area contributed by atoms with Gasteiger partial charge < -0.3 is 9.47 Å². The molecule has 0 unspecified atom stereocenters. The van der Waals surface area contributed by atoms with Crippen LogP contribution < -0.4 is 0 Å². The molecule has 0 bridgehead atoms. The minimum atomic E-state index is -0.0370. The summed E-state index contributed by atoms with van der Waals surface area (Å²) in [7, 11) is 0. The molecule has 0 fully saturated rings. The van der Waals surface area contributed by atoms with Gasteiger partial charge in [-0.2, -0.15) is 0 Å². The Morgan fingerprint density at radius 3 is 1.55 bits per heavy atom. The maximum absolute atomic E-state index is 5.06. The van der Waals surface area contributed by atoms with Gasteiger partial charge in [0.2, 0.25) is 0 Å². The highest BCUT2D eigenvalue weighted by atomic mass is 35.5. The van der Waals surface area contributed by atoms with Gasteiger partial charge in [-0.3, -0.25) is 0 Å². The fraction of sp³-hybridized carbons (Fsp3) is 1.00. The van der Waals surface area contributed by atoms with Crippen LogP contribution in [0.1, 0.15) is 20.8 Å². The summed E-state index contributed by atoms with van der Waals surface area (Å²) >= 11 is 9.53. The quantitative estimate of drug-likeness (QED) is 0.516. The average Bonchev–Trinajstić information content (AvgIpc) is 1.90. The maximum Gasteiger partial charge on any atom is 0.154 e. The molecule has 0 heterocycles. The van der Waals surface area contributed by atoms with Gasteiger partial charge in [0.05, 0.1) is 5.34 Å². The van der Waals surface area contributed by atoms with Gasteiger partial charge in [-0.25, -0.2) is 0 Å². The fourth-order valence-electron chi connectivity index (χ4n) is 0.518. The Morgan fingerprint density at radius 2 is 1.36 bits per heavy atom. The zero-order valence-corrected chi connectivity index (χ0v) is 8.78. The lowest BCUT2D eigenvalue weighted by Crippen LogP contribution is -2.11. The minimum Gasteiger partial charge on any atom is -0.353 e. The van der Waals surface area contributed by atoms with Crippen molar-refractivity contribution in [2.75, 3.05) is 18.6 Å². The predicted molar refractivity (Wildman–Crippen MR) is 49.3 cm³/mol. The fourth-order valence-corrected chi connectivity index (χ4v) is 0.518. The third-order valence-corrected chi connectivity index (χ3v) is 0.803. The van der Waals surface area contributed by atoms with E-state index in [-0.39, 0.29) is 11.6 Å². The number of alkyl halides is 2. The third-order valence-electron chi connectivity index (χ3n) is 0.803. The number of hydrogen-bond acceptors (Lipinski definition) is 2. The number of hydrogen-bond donors (Lipinski definition) is 0. The number of ether oxygens (including phenoxy) is 2. The molecule has 0 aliphatic heterocycles. The van der Waals surface area contributed by atoms with E-state index in [1.807, 2.05) is 20.8 Å². The van der Waals surface area contributed by atoms with Crippen LogP contribution in [0.2, 0.25) is 0 Å². The molecule has 70 valence electrons. The smallest absolute Gasteiger partial charge is 0.154 e. The highest BCUT2D eigenvalue weighted by molar-refractivity contribution is 6.40. The molecule has 0 aliphatic carbocycles. The van der Waals surface area contributed by atoms with Gasteiger partial charge in [-0.1, -0.05) is 0 Å². The Kier molecular flexibility index (Phi) is 16.8. The van der Waals surface area contributed by atoms with Gasteiger partial charge in [0.1, 0.15) is 0 Å². The maximum atomic E-state index is 5.06. The lowest BCUT2D eigenvalue weighted by atomic mass is 10.7. The zero-order chi connectivity index (χ0) is 9.11. The molecule has 0 N–H and O–H groups in total. The highest BCUT2D eigenvalue weighted by Crippen LogP contribution is 1.90. The Labute approximate surface area is 78.8 Å². The van der Waals surface area contributed by atoms with E-state index in [4.69, 9.17) is 32.7 Å². The molecule has 0 aromatic heterocycles. The monoisotopic (exact) mass is 202 g/mol. The van der Waals surface area contributed by atoms with Crippen LogP contribution in [0.5, 0.6) is 0 Å². The van der Waals surface area contributed by atoms with Crippen molar-refractivity contribution in [3.63, 3.8) is 0 Å². The Balaban J connectivity index is 0. The molecule has 0 aromatic carbocycles. The van der Waals surface area contributed by atoms with Crippen molar-refractivity contribution in [3.05, 3.63) is 0 Å². The normalized spacial score (nSPS) is 9.27. The first-order valence-electron chi connectivity index (χ1n) is 3.57. The zero-order valence-electron chi connectivity index (χ0n) is 7.27. The summed E-state index contributed by atoms with van der Waals surface area (Å²) in [6, 6.07) is 0. The van der Waals surface area contributed by atoms with Crippen LogP contribution in [-0.4, -0.2) is 24.8 Å². The van der Waals surface area contributed by atoms with Crippen molar-refractivity contribution in [1.29, 1.82) is 0 Å². The number of halogens is 2. The summed E-state index contributed by atoms with van der Waals surface area (Å²) in [5, 5.41) is 0.194. The Bertz CT molecular complexity index is 56.4. The molecule has 0 aliphatic rings. The largest absolute Gasteiger partial charge is 0.353 e. The highest BCUT2D eigenvalue weighted by Gasteiger charge is 1.94. The summed E-state index contributed by atoms with van der Waals surface area (Å²) in [6.07, 6.45) is -0.0370. The van der Waals surface area contributed by atoms with E-state index in [2.05, 4.69) is 0 Å². The van der Waals surface area contributed by atoms with Gasteiger partial charge in [-0.15, -0.1) is 23.2 Å². The van der Waals surface area contributed by atoms with Crippen molar-refractivity contribution >= 4 is 23.2 Å². The summed E-state index contributed by atoms with van der Waals surface area (Å²) in [6.45, 7) is 7.25. The van der Waals surface area contributed by atoms with Crippen LogP contribution in [0.3, 0.4) is 0 Å². The van der Waals surface area contributed by atoms with Crippen molar-refractivity contribution in [3.8, 4) is 0 Å². The van der Waals surface area contributed by atoms with Gasteiger partial charge in [0, 0.05) is 13.2 Å². The van der Waals surface area contributed by atoms with Crippen molar-refractivity contribution in [2.45, 2.75) is 27.1 Å². The van der Waals surface area contributed by atoms with E-state index in [0.717, 1.165) is 13.2 Å². The second kappa shape index (κ2) is 13.1. The van der Waals surface area contributed by atoms with E-state index in [9.17, 15) is 0 Å². The predicted octanol–water partition coefficient (Wildman–Crippen LogP) is 2.83. The van der Waals surface area contributed by atoms with E-state index >= 15 is 0 Å². The van der Waals surface area contributed by atoms with Crippen molar-refractivity contribution in [1.82, 2.24) is 0 Å². The SMILES string of the molecule is CCOC(C)OCC.ClCCl. The van der Waals surface area contributed by atoms with E-state index < -0.39 is 0 Å². The standard InChI is InChI=1S/C6H14O2.CH2Cl2/c1-4-7-6(3)8-5-2;2-1-3/h6H,4-5H2,1-3H3;1H2. The average molecular weight is 203 g/mol. The topological polar surface area (TPSA) is 18.5 Å². The summed E-state index contributed by atoms with van der Waals surface area (Å²) in [5.74, 6) is 0. The molecule has 4 heteroatoms. The molecule has 0 rings (SSSR count). The molecule has 0 atom stereocenters. The van der Waals surface area contributed by atoms with E-state index in [0.29, 0.717) is 0 Å². The molecule has 0 spiro atoms. The van der Waals surface area contributed by atoms with E-state index in [1.54, 1.807) is 0 Å². The molecular formula is C7H16Cl2O2. The second-order valence-corrected chi connectivity index (χ2v) is 2.39. The molecule has 0 saturated heterocycles. The summed E-state index contributed by atoms with van der Waals surface area (Å²) in [5.41, 5.74) is 0. The van der Waals surface area contributed by atoms with E-state index in [1.165, 1.54) is 0 Å². The third kappa shape index (κ3) is 18.0. The molecule has 0 saturated carbocycles. The van der Waals surface area contributed by atoms with Crippen LogP contribution in [0.4, 0.5) is 0 Å². The van der Waals surface area contributed by atoms with Crippen LogP contribution in [0, 0.1) is 0 Å². The molecule has 0 radical (unpaired) electrons. The summed E-state index contributed by atoms with van der Waals surface area (Å²) in [4.78, 5) is 0. The lowest BCUT2D eigenvalue weighted by Gasteiger charge is -2.09. The molecule has 0 aromatic rings. The van der Waals surface area contributed by atoms with Gasteiger partial charge in [0.25, 0.3) is 0 Å².